The fourth-order valence-corrected chi connectivity index (χ4v) is 8.74. The minimum atomic E-state index is -1.80. The molecular weight excluding hydrogens is 676 g/mol. The molecule has 3 rings (SSSR count). The predicted octanol–water partition coefficient (Wildman–Crippen LogP) is 1.90. The Hall–Kier alpha value is -1.01. The molecule has 3 saturated heterocycles. The number of methoxy groups -OCH3 is 1. The number of carbonyl (C=O) groups is 1. The van der Waals surface area contributed by atoms with Gasteiger partial charge in [0.1, 0.15) is 30.0 Å². The van der Waals surface area contributed by atoms with Crippen molar-refractivity contribution in [1.29, 1.82) is 0 Å². The van der Waals surface area contributed by atoms with Crippen LogP contribution in [0.2, 0.25) is 0 Å². The molecule has 0 aromatic rings. The van der Waals surface area contributed by atoms with Gasteiger partial charge in [-0.1, -0.05) is 20.8 Å². The topological polar surface area (TPSA) is 180 Å². The Kier molecular flexibility index (Phi) is 15.6. The predicted molar refractivity (Wildman–Crippen MR) is 194 cm³/mol. The number of ether oxygens (including phenoxy) is 6. The van der Waals surface area contributed by atoms with E-state index < -0.39 is 96.0 Å². The summed E-state index contributed by atoms with van der Waals surface area (Å²) >= 11 is 0. The molecule has 0 aromatic heterocycles. The molecule has 0 aromatic carbocycles. The van der Waals surface area contributed by atoms with Gasteiger partial charge in [0, 0.05) is 38.1 Å². The van der Waals surface area contributed by atoms with E-state index in [1.807, 2.05) is 51.7 Å². The molecule has 306 valence electrons. The number of aliphatic hydroxyl groups excluding tert-OH is 3. The van der Waals surface area contributed by atoms with E-state index in [0.717, 1.165) is 0 Å². The van der Waals surface area contributed by atoms with Gasteiger partial charge < -0.3 is 63.8 Å². The van der Waals surface area contributed by atoms with E-state index in [-0.39, 0.29) is 37.3 Å². The number of hydrogen-bond donors (Lipinski definition) is 5. The Balaban J connectivity index is 2.17. The second-order valence-electron chi connectivity index (χ2n) is 17.2. The number of aliphatic hydroxyl groups is 5. The van der Waals surface area contributed by atoms with Gasteiger partial charge in [-0.15, -0.1) is 0 Å². The molecule has 3 heterocycles. The van der Waals surface area contributed by atoms with E-state index in [2.05, 4.69) is 0 Å². The van der Waals surface area contributed by atoms with E-state index in [1.54, 1.807) is 41.5 Å². The zero-order valence-electron chi connectivity index (χ0n) is 34.2. The molecule has 0 bridgehead atoms. The highest BCUT2D eigenvalue weighted by molar-refractivity contribution is 5.73. The lowest BCUT2D eigenvalue weighted by Crippen LogP contribution is -2.60. The molecule has 3 aliphatic rings. The summed E-state index contributed by atoms with van der Waals surface area (Å²) in [5.74, 6) is -2.58. The first-order chi connectivity index (χ1) is 23.9. The lowest BCUT2D eigenvalue weighted by Gasteiger charge is -2.48. The van der Waals surface area contributed by atoms with Crippen LogP contribution >= 0.6 is 0 Å². The number of likely N-dealkylation sites (N-methyl/N-ethyl adjacent to an activating group) is 2. The molecule has 3 fully saturated rings. The zero-order valence-corrected chi connectivity index (χ0v) is 34.2. The molecule has 0 saturated carbocycles. The maximum atomic E-state index is 14.2. The van der Waals surface area contributed by atoms with E-state index in [9.17, 15) is 30.3 Å². The lowest BCUT2D eigenvalue weighted by molar-refractivity contribution is -0.318. The number of cyclic esters (lactones) is 1. The number of hydrogen-bond acceptors (Lipinski definition) is 14. The van der Waals surface area contributed by atoms with Crippen molar-refractivity contribution >= 4 is 5.97 Å². The fraction of sp³-hybridized carbons (Fsp3) is 0.974. The van der Waals surface area contributed by atoms with E-state index in [0.29, 0.717) is 13.0 Å². The van der Waals surface area contributed by atoms with Gasteiger partial charge in [0.05, 0.1) is 41.5 Å². The second kappa shape index (κ2) is 17.8. The fourth-order valence-electron chi connectivity index (χ4n) is 8.74. The Morgan fingerprint density at radius 3 is 2.12 bits per heavy atom. The third-order valence-electron chi connectivity index (χ3n) is 12.2. The van der Waals surface area contributed by atoms with Crippen molar-refractivity contribution in [2.24, 2.45) is 17.8 Å². The maximum Gasteiger partial charge on any atom is 0.311 e. The standard InChI is InChI=1S/C38H72N2O12/c1-15-27-38(10,46)31(42)24(6)40(13)19-20(2)17-36(8,45)33(52-35-29(41)26(39(11)12)16-21(3)48-35)22(4)30(23(5)34(44)50-27)51-28-18-37(9,47-14)32(43)25(7)49-28/h20-33,35,41-43,45-46H,15-19H2,1-14H3/t20-,21-,22+,23-,24-,25+,26+,27-,28+,29-,30+,31-,32+,33-,35?,36+,37-,38-/m1/s1. The number of esters is 1. The third-order valence-corrected chi connectivity index (χ3v) is 12.2. The summed E-state index contributed by atoms with van der Waals surface area (Å²) < 4.78 is 37.5. The highest BCUT2D eigenvalue weighted by atomic mass is 16.7. The van der Waals surface area contributed by atoms with Crippen LogP contribution in [0.5, 0.6) is 0 Å². The van der Waals surface area contributed by atoms with Crippen molar-refractivity contribution in [3.8, 4) is 0 Å². The van der Waals surface area contributed by atoms with Gasteiger partial charge in [-0.05, 0) is 94.8 Å². The van der Waals surface area contributed by atoms with Crippen molar-refractivity contribution < 1.29 is 58.7 Å². The summed E-state index contributed by atoms with van der Waals surface area (Å²) in [5.41, 5.74) is -4.37. The van der Waals surface area contributed by atoms with Gasteiger partial charge in [-0.25, -0.2) is 0 Å². The first kappa shape index (κ1) is 45.4. The van der Waals surface area contributed by atoms with Crippen LogP contribution in [0, 0.1) is 17.8 Å². The molecule has 52 heavy (non-hydrogen) atoms. The minimum Gasteiger partial charge on any atom is -0.459 e. The smallest absolute Gasteiger partial charge is 0.311 e. The summed E-state index contributed by atoms with van der Waals surface area (Å²) in [6.45, 7) is 18.0. The maximum absolute atomic E-state index is 14.2. The van der Waals surface area contributed by atoms with Crippen molar-refractivity contribution in [2.75, 3.05) is 34.8 Å². The molecule has 1 unspecified atom stereocenters. The number of nitrogens with zero attached hydrogens (tertiary/aromatic N) is 2. The minimum absolute atomic E-state index is 0.133. The summed E-state index contributed by atoms with van der Waals surface area (Å²) in [6.07, 6.45) is -8.19. The van der Waals surface area contributed by atoms with Gasteiger partial charge in [0.2, 0.25) is 0 Å². The number of rotatable bonds is 7. The van der Waals surface area contributed by atoms with E-state index >= 15 is 0 Å². The highest BCUT2D eigenvalue weighted by Crippen LogP contribution is 2.40. The Bertz CT molecular complexity index is 1140. The Labute approximate surface area is 312 Å². The molecule has 0 amide bonds. The molecule has 14 heteroatoms. The number of carbonyl (C=O) groups excluding carboxylic acids is 1. The van der Waals surface area contributed by atoms with Gasteiger partial charge in [-0.2, -0.15) is 0 Å². The van der Waals surface area contributed by atoms with Crippen LogP contribution in [0.15, 0.2) is 0 Å². The summed E-state index contributed by atoms with van der Waals surface area (Å²) in [7, 11) is 7.12. The molecule has 0 radical (unpaired) electrons. The van der Waals surface area contributed by atoms with Crippen LogP contribution < -0.4 is 0 Å². The summed E-state index contributed by atoms with van der Waals surface area (Å²) in [6, 6.07) is -0.808. The average molecular weight is 749 g/mol. The molecule has 0 aliphatic carbocycles. The van der Waals surface area contributed by atoms with Crippen LogP contribution in [0.4, 0.5) is 0 Å². The second-order valence-corrected chi connectivity index (χ2v) is 17.2. The van der Waals surface area contributed by atoms with Gasteiger partial charge in [-0.3, -0.25) is 4.79 Å². The third kappa shape index (κ3) is 10.0. The average Bonchev–Trinajstić information content (AvgIpc) is 3.05. The van der Waals surface area contributed by atoms with Crippen molar-refractivity contribution in [3.05, 3.63) is 0 Å². The monoisotopic (exact) mass is 749 g/mol. The summed E-state index contributed by atoms with van der Waals surface area (Å²) in [4.78, 5) is 18.0. The summed E-state index contributed by atoms with van der Waals surface area (Å²) in [5, 5.41) is 58.1. The van der Waals surface area contributed by atoms with Crippen molar-refractivity contribution in [3.63, 3.8) is 0 Å². The van der Waals surface area contributed by atoms with Gasteiger partial charge in [0.25, 0.3) is 0 Å². The quantitative estimate of drug-likeness (QED) is 0.238. The molecule has 0 spiro atoms. The van der Waals surface area contributed by atoms with Crippen LogP contribution in [0.1, 0.15) is 94.9 Å². The van der Waals surface area contributed by atoms with Crippen LogP contribution in [0.25, 0.3) is 0 Å². The zero-order chi connectivity index (χ0) is 39.7. The molecular formula is C38H72N2O12. The van der Waals surface area contributed by atoms with Crippen molar-refractivity contribution in [1.82, 2.24) is 9.80 Å². The highest BCUT2D eigenvalue weighted by Gasteiger charge is 2.52. The molecule has 3 aliphatic heterocycles. The van der Waals surface area contributed by atoms with Crippen molar-refractivity contribution in [2.45, 2.75) is 185 Å². The van der Waals surface area contributed by atoms with E-state index in [1.165, 1.54) is 14.0 Å². The first-order valence-electron chi connectivity index (χ1n) is 19.1. The molecule has 5 N–H and O–H groups in total. The van der Waals surface area contributed by atoms with Crippen LogP contribution in [-0.4, -0.2) is 166 Å². The Morgan fingerprint density at radius 1 is 0.942 bits per heavy atom. The van der Waals surface area contributed by atoms with Gasteiger partial charge >= 0.3 is 5.97 Å². The molecule has 14 nitrogen and oxygen atoms in total. The molecule has 18 atom stereocenters. The largest absolute Gasteiger partial charge is 0.459 e. The van der Waals surface area contributed by atoms with Crippen LogP contribution in [-0.2, 0) is 33.2 Å². The van der Waals surface area contributed by atoms with Gasteiger partial charge in [0.15, 0.2) is 12.6 Å². The first-order valence-corrected chi connectivity index (χ1v) is 19.1. The lowest BCUT2D eigenvalue weighted by atomic mass is 9.77. The van der Waals surface area contributed by atoms with E-state index in [4.69, 9.17) is 28.4 Å². The SMILES string of the molecule is CC[C@H]1OC(=O)[C@H](C)[C@@H](O[C@H]2C[C@@](C)(OC)[C@@H](O)[C@H](C)O2)[C@H](C)[C@@H](OC2O[C@H](C)C[C@H](N(C)C)[C@H]2O)[C@@](C)(O)C[C@@H](C)CN(C)[C@H](C)[C@@H](O)[C@]1(C)O. The van der Waals surface area contributed by atoms with Crippen LogP contribution in [0.3, 0.4) is 0 Å². The normalized spacial score (nSPS) is 49.6. The Morgan fingerprint density at radius 2 is 1.56 bits per heavy atom.